The number of aliphatic carboxylic acids is 1. The number of nitrogens with zero attached hydrogens (tertiary/aromatic N) is 2. The van der Waals surface area contributed by atoms with Gasteiger partial charge < -0.3 is 15.6 Å². The number of ether oxygens (including phenoxy) is 1. The Kier molecular flexibility index (Phi) is 4.33. The Morgan fingerprint density at radius 2 is 2.25 bits per heavy atom. The van der Waals surface area contributed by atoms with Crippen LogP contribution >= 0.6 is 0 Å². The molecule has 0 aliphatic rings. The average molecular weight is 174 g/mol. The van der Waals surface area contributed by atoms with Gasteiger partial charge in [0, 0.05) is 0 Å². The van der Waals surface area contributed by atoms with Gasteiger partial charge >= 0.3 is 18.5 Å². The summed E-state index contributed by atoms with van der Waals surface area (Å²) in [5.41, 5.74) is 4.99. The highest BCUT2D eigenvalue weighted by molar-refractivity contribution is 5.75. The molecule has 0 saturated carbocycles. The van der Waals surface area contributed by atoms with Crippen LogP contribution in [0.5, 0.6) is 0 Å². The summed E-state index contributed by atoms with van der Waals surface area (Å²) in [6.07, 6.45) is 0. The van der Waals surface area contributed by atoms with Crippen LogP contribution in [0.15, 0.2) is 0 Å². The molecule has 0 bridgehead atoms. The molecule has 66 valence electrons. The highest BCUT2D eigenvalue weighted by Crippen LogP contribution is 1.84. The predicted octanol–water partition coefficient (Wildman–Crippen LogP) is -1.21. The Morgan fingerprint density at radius 1 is 1.67 bits per heavy atom. The molecule has 0 radical (unpaired) electrons. The Balaban J connectivity index is 3.63. The molecule has 1 atom stereocenters. The second-order valence-corrected chi connectivity index (χ2v) is 1.93. The summed E-state index contributed by atoms with van der Waals surface area (Å²) >= 11 is 0. The van der Waals surface area contributed by atoms with Gasteiger partial charge in [0.05, 0.1) is 0 Å². The van der Waals surface area contributed by atoms with Gasteiger partial charge in [0.25, 0.3) is 0 Å². The lowest BCUT2D eigenvalue weighted by atomic mass is 10.3. The minimum absolute atomic E-state index is 0.427. The smallest absolute Gasteiger partial charge is 0.399 e. The third-order valence-electron chi connectivity index (χ3n) is 0.941. The highest BCUT2D eigenvalue weighted by atomic mass is 16.5. The Hall–Kier alpha value is -1.68. The average Bonchev–Trinajstić information content (AvgIpc) is 2.00. The minimum Gasteiger partial charge on any atom is -0.480 e. The van der Waals surface area contributed by atoms with E-state index in [1.54, 1.807) is 0 Å². The quantitative estimate of drug-likeness (QED) is 0.408. The molecule has 7 heteroatoms. The largest absolute Gasteiger partial charge is 0.480 e. The Bertz CT molecular complexity index is 221. The first-order chi connectivity index (χ1) is 5.57. The summed E-state index contributed by atoms with van der Waals surface area (Å²) in [7, 11) is 0. The van der Waals surface area contributed by atoms with E-state index in [1.807, 2.05) is 0 Å². The summed E-state index contributed by atoms with van der Waals surface area (Å²) in [4.78, 5) is 23.0. The molecule has 3 N–H and O–H groups in total. The van der Waals surface area contributed by atoms with Crippen LogP contribution in [0, 0.1) is 5.39 Å². The lowest BCUT2D eigenvalue weighted by Crippen LogP contribution is -2.36. The van der Waals surface area contributed by atoms with Crippen molar-refractivity contribution in [2.75, 3.05) is 13.2 Å². The molecule has 7 nitrogen and oxygen atoms in total. The van der Waals surface area contributed by atoms with E-state index in [2.05, 4.69) is 9.71 Å². The van der Waals surface area contributed by atoms with Crippen molar-refractivity contribution in [3.8, 4) is 0 Å². The Morgan fingerprint density at radius 3 is 2.67 bits per heavy atom. The molecule has 0 spiro atoms. The van der Waals surface area contributed by atoms with Crippen LogP contribution in [0.3, 0.4) is 0 Å². The number of rotatable bonds is 4. The van der Waals surface area contributed by atoms with Crippen molar-refractivity contribution in [2.45, 2.75) is 6.04 Å². The molecule has 0 aromatic heterocycles. The summed E-state index contributed by atoms with van der Waals surface area (Å²) in [5, 5.41) is 16.1. The van der Waals surface area contributed by atoms with Crippen molar-refractivity contribution >= 4 is 11.9 Å². The maximum Gasteiger partial charge on any atom is 0.399 e. The van der Waals surface area contributed by atoms with Crippen molar-refractivity contribution in [1.29, 1.82) is 5.39 Å². The monoisotopic (exact) mass is 174 g/mol. The van der Waals surface area contributed by atoms with Crippen molar-refractivity contribution in [2.24, 2.45) is 5.73 Å². The van der Waals surface area contributed by atoms with Crippen molar-refractivity contribution in [3.63, 3.8) is 0 Å². The number of carbonyl (C=O) groups is 2. The Labute approximate surface area is 67.7 Å². The molecule has 0 fully saturated rings. The van der Waals surface area contributed by atoms with E-state index < -0.39 is 31.1 Å². The molecule has 0 aromatic carbocycles. The first-order valence-electron chi connectivity index (χ1n) is 3.02. The molecule has 0 aliphatic carbocycles. The summed E-state index contributed by atoms with van der Waals surface area (Å²) in [6.45, 7) is -0.948. The van der Waals surface area contributed by atoms with Gasteiger partial charge in [-0.2, -0.15) is 0 Å². The van der Waals surface area contributed by atoms with Crippen molar-refractivity contribution in [3.05, 3.63) is 4.98 Å². The SMILES string of the molecule is N#[N+]CC(=O)OCC(N)C(=O)O. The number of carbonyl (C=O) groups excluding carboxylic acids is 1. The van der Waals surface area contributed by atoms with Crippen LogP contribution in [0.4, 0.5) is 0 Å². The predicted molar refractivity (Wildman–Crippen MR) is 36.5 cm³/mol. The molecule has 0 heterocycles. The van der Waals surface area contributed by atoms with E-state index in [0.717, 1.165) is 0 Å². The van der Waals surface area contributed by atoms with Crippen LogP contribution in [0.25, 0.3) is 4.98 Å². The second-order valence-electron chi connectivity index (χ2n) is 1.93. The fourth-order valence-electron chi connectivity index (χ4n) is 0.357. The van der Waals surface area contributed by atoms with Crippen LogP contribution < -0.4 is 5.73 Å². The first kappa shape index (κ1) is 10.3. The summed E-state index contributed by atoms with van der Waals surface area (Å²) in [6, 6.07) is -1.24. The van der Waals surface area contributed by atoms with Gasteiger partial charge in [-0.25, -0.2) is 4.79 Å². The van der Waals surface area contributed by atoms with E-state index in [4.69, 9.17) is 16.2 Å². The number of hydrogen-bond donors (Lipinski definition) is 2. The number of nitrogens with two attached hydrogens (primary N) is 1. The highest BCUT2D eigenvalue weighted by Gasteiger charge is 2.16. The number of hydrogen-bond acceptors (Lipinski definition) is 5. The van der Waals surface area contributed by atoms with Gasteiger partial charge in [-0.05, 0) is 0 Å². The van der Waals surface area contributed by atoms with Crippen LogP contribution in [-0.2, 0) is 14.3 Å². The normalized spacial score (nSPS) is 11.3. The van der Waals surface area contributed by atoms with E-state index in [1.165, 1.54) is 0 Å². The third kappa shape index (κ3) is 4.19. The molecule has 0 saturated heterocycles. The maximum absolute atomic E-state index is 10.4. The first-order valence-corrected chi connectivity index (χ1v) is 3.02. The van der Waals surface area contributed by atoms with E-state index in [9.17, 15) is 9.59 Å². The van der Waals surface area contributed by atoms with E-state index in [0.29, 0.717) is 0 Å². The summed E-state index contributed by atoms with van der Waals surface area (Å²) in [5.74, 6) is -2.09. The van der Waals surface area contributed by atoms with Crippen LogP contribution in [0.2, 0.25) is 0 Å². The lowest BCUT2D eigenvalue weighted by molar-refractivity contribution is -0.146. The molecular weight excluding hydrogens is 166 g/mol. The van der Waals surface area contributed by atoms with E-state index >= 15 is 0 Å². The number of carboxylic acids is 1. The standard InChI is InChI=1S/C5H7N3O4/c6-3(5(10)11)2-12-4(9)1-8-7/h3H,1-2,6H2/p+1. The zero-order valence-corrected chi connectivity index (χ0v) is 6.14. The van der Waals surface area contributed by atoms with Gasteiger partial charge in [-0.3, -0.25) is 4.79 Å². The zero-order valence-electron chi connectivity index (χ0n) is 6.14. The van der Waals surface area contributed by atoms with Gasteiger partial charge in [0.2, 0.25) is 5.39 Å². The molecule has 0 amide bonds. The van der Waals surface area contributed by atoms with Crippen LogP contribution in [-0.4, -0.2) is 36.2 Å². The fourth-order valence-corrected chi connectivity index (χ4v) is 0.357. The molecule has 0 aliphatic heterocycles. The fraction of sp³-hybridized carbons (Fsp3) is 0.600. The van der Waals surface area contributed by atoms with Gasteiger partial charge in [-0.15, -0.1) is 0 Å². The molecule has 12 heavy (non-hydrogen) atoms. The van der Waals surface area contributed by atoms with Crippen molar-refractivity contribution in [1.82, 2.24) is 0 Å². The third-order valence-corrected chi connectivity index (χ3v) is 0.941. The van der Waals surface area contributed by atoms with Gasteiger partial charge in [0.1, 0.15) is 17.6 Å². The molecular formula is C5H8N3O4+. The molecule has 1 unspecified atom stereocenters. The topological polar surface area (TPSA) is 118 Å². The van der Waals surface area contributed by atoms with Crippen LogP contribution in [0.1, 0.15) is 0 Å². The molecule has 0 rings (SSSR count). The van der Waals surface area contributed by atoms with Gasteiger partial charge in [0.15, 0.2) is 0 Å². The lowest BCUT2D eigenvalue weighted by Gasteiger charge is -2.03. The van der Waals surface area contributed by atoms with E-state index in [-0.39, 0.29) is 0 Å². The number of diazo groups is 1. The molecule has 0 aromatic rings. The number of esters is 1. The summed E-state index contributed by atoms with van der Waals surface area (Å²) < 4.78 is 4.31. The zero-order chi connectivity index (χ0) is 9.56. The maximum atomic E-state index is 10.4. The van der Waals surface area contributed by atoms with Crippen molar-refractivity contribution < 1.29 is 19.4 Å². The minimum atomic E-state index is -1.26. The second kappa shape index (κ2) is 5.03. The van der Waals surface area contributed by atoms with Gasteiger partial charge in [-0.1, -0.05) is 0 Å². The number of carboxylic acid groups (broad SMARTS) is 1.